The molecule has 2 atom stereocenters. The molecule has 2 nitrogen and oxygen atoms in total. The highest BCUT2D eigenvalue weighted by Crippen LogP contribution is 2.52. The fourth-order valence-corrected chi connectivity index (χ4v) is 1.23. The van der Waals surface area contributed by atoms with E-state index in [1.165, 1.54) is 0 Å². The van der Waals surface area contributed by atoms with Crippen LogP contribution in [0.15, 0.2) is 0 Å². The Morgan fingerprint density at radius 1 is 1.67 bits per heavy atom. The second-order valence-corrected chi connectivity index (χ2v) is 4.40. The van der Waals surface area contributed by atoms with Crippen LogP contribution in [0.1, 0.15) is 40.5 Å². The number of carbonyl (C=O) groups is 1. The van der Waals surface area contributed by atoms with Crippen molar-refractivity contribution in [1.82, 2.24) is 0 Å². The van der Waals surface area contributed by atoms with Crippen LogP contribution in [0.2, 0.25) is 0 Å². The lowest BCUT2D eigenvalue weighted by Crippen LogP contribution is -2.17. The normalized spacial score (nSPS) is 27.8. The molecule has 0 radical (unpaired) electrons. The molecule has 0 saturated heterocycles. The van der Waals surface area contributed by atoms with Crippen molar-refractivity contribution >= 4 is 5.97 Å². The minimum atomic E-state index is -0.00523. The van der Waals surface area contributed by atoms with E-state index in [9.17, 15) is 4.79 Å². The van der Waals surface area contributed by atoms with Gasteiger partial charge >= 0.3 is 5.97 Å². The molecule has 70 valence electrons. The Balaban J connectivity index is 2.32. The van der Waals surface area contributed by atoms with Gasteiger partial charge in [-0.2, -0.15) is 0 Å². The third kappa shape index (κ3) is 1.99. The summed E-state index contributed by atoms with van der Waals surface area (Å²) in [6, 6.07) is 0. The van der Waals surface area contributed by atoms with E-state index in [1.807, 2.05) is 13.8 Å². The number of ether oxygens (including phenoxy) is 1. The lowest BCUT2D eigenvalue weighted by molar-refractivity contribution is -0.150. The van der Waals surface area contributed by atoms with Crippen LogP contribution in [0.5, 0.6) is 0 Å². The average Bonchev–Trinajstić information content (AvgIpc) is 2.59. The third-order valence-corrected chi connectivity index (χ3v) is 2.69. The van der Waals surface area contributed by atoms with E-state index in [-0.39, 0.29) is 23.4 Å². The molecule has 0 aromatic heterocycles. The van der Waals surface area contributed by atoms with E-state index >= 15 is 0 Å². The van der Waals surface area contributed by atoms with Gasteiger partial charge in [0.25, 0.3) is 0 Å². The maximum atomic E-state index is 11.4. The lowest BCUT2D eigenvalue weighted by Gasteiger charge is -2.11. The molecule has 1 aliphatic rings. The summed E-state index contributed by atoms with van der Waals surface area (Å²) in [6.07, 6.45) is 1.97. The monoisotopic (exact) mass is 170 g/mol. The van der Waals surface area contributed by atoms with Crippen molar-refractivity contribution in [2.24, 2.45) is 11.3 Å². The Morgan fingerprint density at radius 3 is 2.50 bits per heavy atom. The van der Waals surface area contributed by atoms with Gasteiger partial charge in [0.15, 0.2) is 0 Å². The molecule has 1 fully saturated rings. The van der Waals surface area contributed by atoms with Crippen molar-refractivity contribution in [3.63, 3.8) is 0 Å². The molecule has 0 N–H and O–H groups in total. The SMILES string of the molecule is CC[C@@H](C)OC(=O)[C@@H]1CC1(C)C. The summed E-state index contributed by atoms with van der Waals surface area (Å²) < 4.78 is 5.22. The third-order valence-electron chi connectivity index (χ3n) is 2.69. The molecule has 2 heteroatoms. The molecule has 0 aromatic carbocycles. The standard InChI is InChI=1S/C10H18O2/c1-5-7(2)12-9(11)8-6-10(8,3)4/h7-8H,5-6H2,1-4H3/t7-,8+/m1/s1. The molecule has 0 aliphatic heterocycles. The van der Waals surface area contributed by atoms with Crippen LogP contribution in [0, 0.1) is 11.3 Å². The van der Waals surface area contributed by atoms with Gasteiger partial charge in [-0.05, 0) is 25.2 Å². The predicted molar refractivity (Wildman–Crippen MR) is 47.7 cm³/mol. The van der Waals surface area contributed by atoms with Crippen molar-refractivity contribution in [2.75, 3.05) is 0 Å². The summed E-state index contributed by atoms with van der Waals surface area (Å²) in [7, 11) is 0. The fraction of sp³-hybridized carbons (Fsp3) is 0.900. The molecular weight excluding hydrogens is 152 g/mol. The summed E-state index contributed by atoms with van der Waals surface area (Å²) in [6.45, 7) is 8.17. The first-order valence-corrected chi connectivity index (χ1v) is 4.68. The van der Waals surface area contributed by atoms with Gasteiger partial charge in [-0.1, -0.05) is 20.8 Å². The van der Waals surface area contributed by atoms with Crippen LogP contribution in [-0.4, -0.2) is 12.1 Å². The average molecular weight is 170 g/mol. The highest BCUT2D eigenvalue weighted by atomic mass is 16.5. The smallest absolute Gasteiger partial charge is 0.309 e. The maximum Gasteiger partial charge on any atom is 0.309 e. The summed E-state index contributed by atoms with van der Waals surface area (Å²) in [5.74, 6) is 0.154. The van der Waals surface area contributed by atoms with E-state index in [0.717, 1.165) is 12.8 Å². The highest BCUT2D eigenvalue weighted by Gasteiger charge is 2.51. The predicted octanol–water partition coefficient (Wildman–Crippen LogP) is 2.37. The Labute approximate surface area is 74.3 Å². The minimum absolute atomic E-state index is 0.00523. The second kappa shape index (κ2) is 3.08. The molecular formula is C10H18O2. The van der Waals surface area contributed by atoms with Gasteiger partial charge in [-0.15, -0.1) is 0 Å². The van der Waals surface area contributed by atoms with E-state index in [0.29, 0.717) is 0 Å². The molecule has 0 unspecified atom stereocenters. The molecule has 0 aromatic rings. The first kappa shape index (κ1) is 9.56. The number of esters is 1. The highest BCUT2D eigenvalue weighted by molar-refractivity contribution is 5.76. The summed E-state index contributed by atoms with van der Waals surface area (Å²) in [5, 5.41) is 0. The van der Waals surface area contributed by atoms with Crippen molar-refractivity contribution in [3.05, 3.63) is 0 Å². The fourth-order valence-electron chi connectivity index (χ4n) is 1.23. The minimum Gasteiger partial charge on any atom is -0.462 e. The van der Waals surface area contributed by atoms with Crippen molar-refractivity contribution in [3.8, 4) is 0 Å². The van der Waals surface area contributed by atoms with Crippen LogP contribution < -0.4 is 0 Å². The van der Waals surface area contributed by atoms with Crippen molar-refractivity contribution in [1.29, 1.82) is 0 Å². The van der Waals surface area contributed by atoms with Gasteiger partial charge in [0.1, 0.15) is 0 Å². The number of hydrogen-bond acceptors (Lipinski definition) is 2. The zero-order valence-electron chi connectivity index (χ0n) is 8.39. The van der Waals surface area contributed by atoms with Crippen molar-refractivity contribution < 1.29 is 9.53 Å². The number of hydrogen-bond donors (Lipinski definition) is 0. The summed E-state index contributed by atoms with van der Waals surface area (Å²) in [4.78, 5) is 11.4. The topological polar surface area (TPSA) is 26.3 Å². The van der Waals surface area contributed by atoms with Crippen LogP contribution >= 0.6 is 0 Å². The van der Waals surface area contributed by atoms with Gasteiger partial charge < -0.3 is 4.74 Å². The second-order valence-electron chi connectivity index (χ2n) is 4.40. The number of carbonyl (C=O) groups excluding carboxylic acids is 1. The van der Waals surface area contributed by atoms with Crippen molar-refractivity contribution in [2.45, 2.75) is 46.6 Å². The van der Waals surface area contributed by atoms with Crippen LogP contribution in [0.4, 0.5) is 0 Å². The Kier molecular flexibility index (Phi) is 2.45. The van der Waals surface area contributed by atoms with E-state index in [4.69, 9.17) is 4.74 Å². The van der Waals surface area contributed by atoms with Gasteiger partial charge in [0.2, 0.25) is 0 Å². The summed E-state index contributed by atoms with van der Waals surface area (Å²) in [5.41, 5.74) is 0.199. The van der Waals surface area contributed by atoms with Crippen LogP contribution in [0.25, 0.3) is 0 Å². The molecule has 1 saturated carbocycles. The Bertz CT molecular complexity index is 184. The zero-order valence-corrected chi connectivity index (χ0v) is 8.39. The van der Waals surface area contributed by atoms with Crippen LogP contribution in [0.3, 0.4) is 0 Å². The molecule has 0 bridgehead atoms. The maximum absolute atomic E-state index is 11.4. The van der Waals surface area contributed by atoms with Gasteiger partial charge in [-0.25, -0.2) is 0 Å². The Morgan fingerprint density at radius 2 is 2.17 bits per heavy atom. The number of rotatable bonds is 3. The molecule has 0 amide bonds. The first-order valence-electron chi connectivity index (χ1n) is 4.68. The first-order chi connectivity index (χ1) is 5.47. The lowest BCUT2D eigenvalue weighted by atomic mass is 10.1. The molecule has 1 rings (SSSR count). The largest absolute Gasteiger partial charge is 0.462 e. The van der Waals surface area contributed by atoms with Gasteiger partial charge in [-0.3, -0.25) is 4.79 Å². The van der Waals surface area contributed by atoms with E-state index in [1.54, 1.807) is 0 Å². The summed E-state index contributed by atoms with van der Waals surface area (Å²) >= 11 is 0. The van der Waals surface area contributed by atoms with E-state index < -0.39 is 0 Å². The van der Waals surface area contributed by atoms with E-state index in [2.05, 4.69) is 13.8 Å². The molecule has 0 spiro atoms. The quantitative estimate of drug-likeness (QED) is 0.608. The molecule has 12 heavy (non-hydrogen) atoms. The molecule has 1 aliphatic carbocycles. The van der Waals surface area contributed by atoms with Crippen LogP contribution in [-0.2, 0) is 9.53 Å². The van der Waals surface area contributed by atoms with Gasteiger partial charge in [0.05, 0.1) is 12.0 Å². The zero-order chi connectivity index (χ0) is 9.35. The Hall–Kier alpha value is -0.530. The van der Waals surface area contributed by atoms with Gasteiger partial charge in [0, 0.05) is 0 Å². The molecule has 0 heterocycles.